The lowest BCUT2D eigenvalue weighted by molar-refractivity contribution is 0.0901. The maximum atomic E-state index is 9.91. The Morgan fingerprint density at radius 3 is 2.64 bits per heavy atom. The van der Waals surface area contributed by atoms with E-state index in [-0.39, 0.29) is 22.8 Å². The van der Waals surface area contributed by atoms with Crippen molar-refractivity contribution in [3.05, 3.63) is 11.6 Å². The number of aliphatic hydroxyl groups is 1. The van der Waals surface area contributed by atoms with E-state index >= 15 is 0 Å². The topological polar surface area (TPSA) is 32.3 Å². The molecule has 80 valence electrons. The molecule has 1 aliphatic heterocycles. The first-order chi connectivity index (χ1) is 6.68. The Labute approximate surface area is 94.3 Å². The van der Waals surface area contributed by atoms with Crippen LogP contribution in [0.2, 0.25) is 0 Å². The molecule has 0 aromatic rings. The summed E-state index contributed by atoms with van der Waals surface area (Å²) in [5.74, 6) is 0.211. The molecule has 0 bridgehead atoms. The van der Waals surface area contributed by atoms with Gasteiger partial charge in [-0.25, -0.2) is 0 Å². The summed E-state index contributed by atoms with van der Waals surface area (Å²) in [5, 5.41) is 13.0. The van der Waals surface area contributed by atoms with Crippen LogP contribution in [0.4, 0.5) is 0 Å². The minimum absolute atomic E-state index is 0.00781. The fourth-order valence-corrected chi connectivity index (χ4v) is 2.84. The molecule has 4 unspecified atom stereocenters. The standard InChI is InChI=1S/C10H15Cl2NO/c11-8-3-7(6-1-2-13-5-6)10(14)4-9(8)12/h1,7-10,13-14H,2-5H2. The monoisotopic (exact) mass is 235 g/mol. The molecule has 0 radical (unpaired) electrons. The van der Waals surface area contributed by atoms with Gasteiger partial charge < -0.3 is 10.4 Å². The van der Waals surface area contributed by atoms with Crippen LogP contribution in [0.1, 0.15) is 12.8 Å². The van der Waals surface area contributed by atoms with Gasteiger partial charge in [0.2, 0.25) is 0 Å². The van der Waals surface area contributed by atoms with Crippen LogP contribution < -0.4 is 5.32 Å². The Bertz CT molecular complexity index is 244. The number of halogens is 2. The van der Waals surface area contributed by atoms with E-state index in [1.165, 1.54) is 5.57 Å². The zero-order chi connectivity index (χ0) is 10.1. The Balaban J connectivity index is 2.04. The predicted octanol–water partition coefficient (Wildman–Crippen LogP) is 1.50. The van der Waals surface area contributed by atoms with Gasteiger partial charge >= 0.3 is 0 Å². The number of hydrogen-bond acceptors (Lipinski definition) is 2. The first-order valence-corrected chi connectivity index (χ1v) is 5.91. The second-order valence-electron chi connectivity index (χ2n) is 4.09. The molecule has 0 spiro atoms. The van der Waals surface area contributed by atoms with E-state index in [2.05, 4.69) is 11.4 Å². The first kappa shape index (κ1) is 10.7. The lowest BCUT2D eigenvalue weighted by Crippen LogP contribution is -2.38. The molecule has 1 aliphatic carbocycles. The maximum absolute atomic E-state index is 9.91. The van der Waals surface area contributed by atoms with Crippen LogP contribution in [-0.4, -0.2) is 35.1 Å². The Morgan fingerprint density at radius 1 is 1.29 bits per heavy atom. The van der Waals surface area contributed by atoms with Gasteiger partial charge in [0, 0.05) is 19.0 Å². The Morgan fingerprint density at radius 2 is 2.00 bits per heavy atom. The minimum Gasteiger partial charge on any atom is -0.392 e. The fraction of sp³-hybridized carbons (Fsp3) is 0.800. The van der Waals surface area contributed by atoms with Crippen LogP contribution in [0, 0.1) is 5.92 Å². The second-order valence-corrected chi connectivity index (χ2v) is 5.21. The molecule has 2 N–H and O–H groups in total. The average molecular weight is 236 g/mol. The van der Waals surface area contributed by atoms with Gasteiger partial charge in [-0.1, -0.05) is 11.6 Å². The summed E-state index contributed by atoms with van der Waals surface area (Å²) in [7, 11) is 0. The van der Waals surface area contributed by atoms with Gasteiger partial charge in [0.05, 0.1) is 16.9 Å². The smallest absolute Gasteiger partial charge is 0.0621 e. The number of rotatable bonds is 1. The van der Waals surface area contributed by atoms with E-state index in [0.717, 1.165) is 19.5 Å². The van der Waals surface area contributed by atoms with Gasteiger partial charge in [-0.05, 0) is 12.8 Å². The first-order valence-electron chi connectivity index (χ1n) is 5.04. The van der Waals surface area contributed by atoms with Crippen molar-refractivity contribution in [1.82, 2.24) is 5.32 Å². The third kappa shape index (κ3) is 2.08. The zero-order valence-electron chi connectivity index (χ0n) is 7.92. The highest BCUT2D eigenvalue weighted by atomic mass is 35.5. The van der Waals surface area contributed by atoms with Crippen molar-refractivity contribution in [2.75, 3.05) is 13.1 Å². The molecule has 1 saturated carbocycles. The fourth-order valence-electron chi connectivity index (χ4n) is 2.26. The van der Waals surface area contributed by atoms with E-state index in [9.17, 15) is 5.11 Å². The summed E-state index contributed by atoms with van der Waals surface area (Å²) in [6.07, 6.45) is 3.24. The molecule has 2 nitrogen and oxygen atoms in total. The Hall–Kier alpha value is 0.240. The van der Waals surface area contributed by atoms with Crippen LogP contribution in [0.25, 0.3) is 0 Å². The van der Waals surface area contributed by atoms with Crippen molar-refractivity contribution in [2.24, 2.45) is 5.92 Å². The summed E-state index contributed by atoms with van der Waals surface area (Å²) in [6, 6.07) is 0. The number of alkyl halides is 2. The number of aliphatic hydroxyl groups excluding tert-OH is 1. The highest BCUT2D eigenvalue weighted by molar-refractivity contribution is 6.30. The number of nitrogens with one attached hydrogen (secondary N) is 1. The third-order valence-electron chi connectivity index (χ3n) is 3.12. The quantitative estimate of drug-likeness (QED) is 0.534. The normalized spacial score (nSPS) is 43.8. The SMILES string of the molecule is OC1CC(Cl)C(Cl)CC1C1=CCNC1. The summed E-state index contributed by atoms with van der Waals surface area (Å²) < 4.78 is 0. The minimum atomic E-state index is -0.321. The van der Waals surface area contributed by atoms with Crippen molar-refractivity contribution in [3.63, 3.8) is 0 Å². The van der Waals surface area contributed by atoms with Crippen LogP contribution in [0.3, 0.4) is 0 Å². The van der Waals surface area contributed by atoms with Gasteiger partial charge in [-0.15, -0.1) is 23.2 Å². The molecular formula is C10H15Cl2NO. The van der Waals surface area contributed by atoms with Crippen molar-refractivity contribution in [3.8, 4) is 0 Å². The van der Waals surface area contributed by atoms with Crippen molar-refractivity contribution < 1.29 is 5.11 Å². The molecule has 1 fully saturated rings. The van der Waals surface area contributed by atoms with Crippen LogP contribution in [0.5, 0.6) is 0 Å². The predicted molar refractivity (Wildman–Crippen MR) is 59.0 cm³/mol. The van der Waals surface area contributed by atoms with Crippen molar-refractivity contribution >= 4 is 23.2 Å². The van der Waals surface area contributed by atoms with Gasteiger partial charge in [0.25, 0.3) is 0 Å². The lowest BCUT2D eigenvalue weighted by atomic mass is 9.81. The molecule has 0 amide bonds. The molecular weight excluding hydrogens is 221 g/mol. The highest BCUT2D eigenvalue weighted by Gasteiger charge is 2.36. The van der Waals surface area contributed by atoms with Gasteiger partial charge in [0.15, 0.2) is 0 Å². The largest absolute Gasteiger partial charge is 0.392 e. The average Bonchev–Trinajstić information content (AvgIpc) is 2.64. The summed E-state index contributed by atoms with van der Waals surface area (Å²) in [4.78, 5) is 0. The molecule has 0 saturated heterocycles. The molecule has 0 aromatic carbocycles. The summed E-state index contributed by atoms with van der Waals surface area (Å²) in [5.41, 5.74) is 1.30. The molecule has 0 aromatic heterocycles. The van der Waals surface area contributed by atoms with Gasteiger partial charge in [-0.2, -0.15) is 0 Å². The third-order valence-corrected chi connectivity index (χ3v) is 4.21. The zero-order valence-corrected chi connectivity index (χ0v) is 9.43. The summed E-state index contributed by atoms with van der Waals surface area (Å²) in [6.45, 7) is 1.80. The van der Waals surface area contributed by atoms with E-state index < -0.39 is 0 Å². The molecule has 4 atom stereocenters. The van der Waals surface area contributed by atoms with Crippen LogP contribution in [-0.2, 0) is 0 Å². The van der Waals surface area contributed by atoms with E-state index in [1.807, 2.05) is 0 Å². The van der Waals surface area contributed by atoms with Gasteiger partial charge in [0.1, 0.15) is 0 Å². The van der Waals surface area contributed by atoms with Crippen molar-refractivity contribution in [1.29, 1.82) is 0 Å². The van der Waals surface area contributed by atoms with E-state index in [4.69, 9.17) is 23.2 Å². The van der Waals surface area contributed by atoms with E-state index in [1.54, 1.807) is 0 Å². The summed E-state index contributed by atoms with van der Waals surface area (Å²) >= 11 is 12.1. The molecule has 2 rings (SSSR count). The maximum Gasteiger partial charge on any atom is 0.0621 e. The van der Waals surface area contributed by atoms with Crippen LogP contribution >= 0.6 is 23.2 Å². The Kier molecular flexibility index (Phi) is 3.38. The molecule has 1 heterocycles. The van der Waals surface area contributed by atoms with Gasteiger partial charge in [-0.3, -0.25) is 0 Å². The lowest BCUT2D eigenvalue weighted by Gasteiger charge is -2.34. The van der Waals surface area contributed by atoms with E-state index in [0.29, 0.717) is 6.42 Å². The highest BCUT2D eigenvalue weighted by Crippen LogP contribution is 2.36. The molecule has 2 aliphatic rings. The molecule has 14 heavy (non-hydrogen) atoms. The van der Waals surface area contributed by atoms with Crippen molar-refractivity contribution in [2.45, 2.75) is 29.7 Å². The number of hydrogen-bond donors (Lipinski definition) is 2. The van der Waals surface area contributed by atoms with Crippen LogP contribution in [0.15, 0.2) is 11.6 Å². The second kappa shape index (κ2) is 4.40. The molecule has 4 heteroatoms.